The number of halogens is 5. The van der Waals surface area contributed by atoms with E-state index in [1.54, 1.807) is 24.3 Å². The number of urea groups is 1. The van der Waals surface area contributed by atoms with Gasteiger partial charge >= 0.3 is 6.03 Å². The highest BCUT2D eigenvalue weighted by atomic mass is 35.5. The van der Waals surface area contributed by atoms with E-state index in [2.05, 4.69) is 15.8 Å². The number of amides is 2. The third kappa shape index (κ3) is 5.05. The highest BCUT2D eigenvalue weighted by molar-refractivity contribution is 7.99. The average Bonchev–Trinajstić information content (AvgIpc) is 2.60. The molecule has 0 aliphatic carbocycles. The molecule has 0 saturated carbocycles. The number of carbonyl (C=O) groups excluding carboxylic acids is 1. The van der Waals surface area contributed by atoms with E-state index in [1.165, 1.54) is 24.0 Å². The Balaban J connectivity index is 1.70. The first-order chi connectivity index (χ1) is 12.8. The smallest absolute Gasteiger partial charge is 0.305 e. The fourth-order valence-corrected chi connectivity index (χ4v) is 4.69. The second-order valence-corrected chi connectivity index (χ2v) is 8.39. The molecular formula is C17H10Cl5N3OS. The van der Waals surface area contributed by atoms with E-state index in [4.69, 9.17) is 58.0 Å². The van der Waals surface area contributed by atoms with Gasteiger partial charge in [0, 0.05) is 31.8 Å². The number of rotatable bonds is 3. The molecule has 10 heteroatoms. The molecule has 1 aliphatic heterocycles. The van der Waals surface area contributed by atoms with Crippen LogP contribution in [0.25, 0.3) is 5.03 Å². The number of fused-ring (bicyclic) bond motifs is 1. The van der Waals surface area contributed by atoms with E-state index in [0.29, 0.717) is 36.6 Å². The summed E-state index contributed by atoms with van der Waals surface area (Å²) in [6.45, 7) is 0. The summed E-state index contributed by atoms with van der Waals surface area (Å²) in [7, 11) is 0. The first-order valence-electron chi connectivity index (χ1n) is 7.41. The second kappa shape index (κ2) is 8.95. The molecule has 3 rings (SSSR count). The maximum absolute atomic E-state index is 12.0. The molecule has 1 heterocycles. The van der Waals surface area contributed by atoms with Crippen LogP contribution in [-0.4, -0.2) is 18.0 Å². The summed E-state index contributed by atoms with van der Waals surface area (Å²) in [5, 5.41) is 8.82. The van der Waals surface area contributed by atoms with Crippen LogP contribution in [0, 0.1) is 0 Å². The van der Waals surface area contributed by atoms with Crippen LogP contribution in [0.15, 0.2) is 45.9 Å². The van der Waals surface area contributed by atoms with Crippen molar-refractivity contribution in [3.63, 3.8) is 0 Å². The van der Waals surface area contributed by atoms with Gasteiger partial charge in [-0.1, -0.05) is 58.0 Å². The van der Waals surface area contributed by atoms with Gasteiger partial charge in [0.15, 0.2) is 0 Å². The zero-order valence-electron chi connectivity index (χ0n) is 13.3. The number of carbonyl (C=O) groups is 1. The van der Waals surface area contributed by atoms with E-state index < -0.39 is 6.03 Å². The summed E-state index contributed by atoms with van der Waals surface area (Å²) in [5.41, 5.74) is 4.20. The normalized spacial score (nSPS) is 13.7. The summed E-state index contributed by atoms with van der Waals surface area (Å²) in [4.78, 5) is 12.8. The Bertz CT molecular complexity index is 977. The molecule has 0 atom stereocenters. The van der Waals surface area contributed by atoms with Crippen LogP contribution in [0.1, 0.15) is 5.56 Å². The van der Waals surface area contributed by atoms with E-state index in [-0.39, 0.29) is 0 Å². The minimum atomic E-state index is -0.568. The lowest BCUT2D eigenvalue weighted by molar-refractivity contribution is 0.252. The van der Waals surface area contributed by atoms with Crippen LogP contribution in [-0.2, 0) is 0 Å². The third-order valence-electron chi connectivity index (χ3n) is 3.46. The van der Waals surface area contributed by atoms with Crippen molar-refractivity contribution in [2.45, 2.75) is 4.90 Å². The van der Waals surface area contributed by atoms with Crippen LogP contribution in [0.2, 0.25) is 20.1 Å². The van der Waals surface area contributed by atoms with Crippen LogP contribution in [0.3, 0.4) is 0 Å². The molecule has 2 aromatic rings. The van der Waals surface area contributed by atoms with Gasteiger partial charge in [-0.2, -0.15) is 5.10 Å². The molecule has 140 valence electrons. The highest BCUT2D eigenvalue weighted by Crippen LogP contribution is 2.43. The summed E-state index contributed by atoms with van der Waals surface area (Å²) >= 11 is 32.1. The molecule has 0 aromatic heterocycles. The Kier molecular flexibility index (Phi) is 6.84. The number of hydrazone groups is 1. The molecule has 0 fully saturated rings. The molecule has 2 N–H and O–H groups in total. The monoisotopic (exact) mass is 479 g/mol. The minimum Gasteiger partial charge on any atom is -0.305 e. The topological polar surface area (TPSA) is 53.5 Å². The second-order valence-electron chi connectivity index (χ2n) is 5.34. The molecule has 2 aromatic carbocycles. The summed E-state index contributed by atoms with van der Waals surface area (Å²) in [5.74, 6) is 0.556. The van der Waals surface area contributed by atoms with Crippen LogP contribution in [0.4, 0.5) is 10.5 Å². The van der Waals surface area contributed by atoms with Crippen molar-refractivity contribution in [2.75, 3.05) is 11.1 Å². The van der Waals surface area contributed by atoms with Gasteiger partial charge in [0.05, 0.1) is 27.0 Å². The first-order valence-corrected chi connectivity index (χ1v) is 10.3. The van der Waals surface area contributed by atoms with Gasteiger partial charge in [-0.05, 0) is 30.3 Å². The van der Waals surface area contributed by atoms with Crippen molar-refractivity contribution in [1.29, 1.82) is 0 Å². The maximum Gasteiger partial charge on any atom is 0.339 e. The number of benzene rings is 2. The number of hydrogen-bond donors (Lipinski definition) is 2. The van der Waals surface area contributed by atoms with Crippen molar-refractivity contribution in [3.8, 4) is 0 Å². The molecule has 0 spiro atoms. The fraction of sp³-hybridized carbons (Fsp3) is 0.0588. The first kappa shape index (κ1) is 20.6. The van der Waals surface area contributed by atoms with Gasteiger partial charge in [-0.3, -0.25) is 0 Å². The highest BCUT2D eigenvalue weighted by Gasteiger charge is 2.20. The fourth-order valence-electron chi connectivity index (χ4n) is 2.26. The Labute approximate surface area is 184 Å². The van der Waals surface area contributed by atoms with E-state index in [1.807, 2.05) is 0 Å². The molecule has 0 unspecified atom stereocenters. The molecule has 1 aliphatic rings. The number of thioether (sulfide) groups is 1. The van der Waals surface area contributed by atoms with Crippen molar-refractivity contribution in [3.05, 3.63) is 61.6 Å². The number of anilines is 1. The summed E-state index contributed by atoms with van der Waals surface area (Å²) in [6.07, 6.45) is 1.48. The molecule has 0 saturated heterocycles. The largest absolute Gasteiger partial charge is 0.339 e. The average molecular weight is 482 g/mol. The molecule has 27 heavy (non-hydrogen) atoms. The predicted molar refractivity (Wildman–Crippen MR) is 117 cm³/mol. The number of hydrogen-bond acceptors (Lipinski definition) is 3. The summed E-state index contributed by atoms with van der Waals surface area (Å²) < 4.78 is 0. The Morgan fingerprint density at radius 3 is 2.59 bits per heavy atom. The zero-order valence-corrected chi connectivity index (χ0v) is 17.9. The minimum absolute atomic E-state index is 0.360. The Hall–Kier alpha value is -1.08. The van der Waals surface area contributed by atoms with Gasteiger partial charge in [-0.15, -0.1) is 11.8 Å². The number of nitrogens with zero attached hydrogens (tertiary/aromatic N) is 1. The van der Waals surface area contributed by atoms with Crippen LogP contribution >= 0.6 is 69.8 Å². The lowest BCUT2D eigenvalue weighted by atomic mass is 10.1. The lowest BCUT2D eigenvalue weighted by Crippen LogP contribution is -2.24. The van der Waals surface area contributed by atoms with Crippen LogP contribution < -0.4 is 10.7 Å². The molecule has 0 bridgehead atoms. The lowest BCUT2D eigenvalue weighted by Gasteiger charge is -2.18. The van der Waals surface area contributed by atoms with Gasteiger partial charge in [0.25, 0.3) is 0 Å². The predicted octanol–water partition coefficient (Wildman–Crippen LogP) is 7.16. The van der Waals surface area contributed by atoms with Gasteiger partial charge < -0.3 is 5.32 Å². The van der Waals surface area contributed by atoms with Gasteiger partial charge in [-0.25, -0.2) is 10.2 Å². The Morgan fingerprint density at radius 2 is 1.81 bits per heavy atom. The number of nitrogens with one attached hydrogen (secondary N) is 2. The molecule has 4 nitrogen and oxygen atoms in total. The SMILES string of the molecule is O=C(N/N=C/C1=C(Cl)c2cc(Cl)cc(Cl)c2SC1)Nc1cc(Cl)ccc1Cl. The quantitative estimate of drug-likeness (QED) is 0.361. The van der Waals surface area contributed by atoms with Gasteiger partial charge in [0.1, 0.15) is 0 Å². The van der Waals surface area contributed by atoms with E-state index in [0.717, 1.165) is 16.0 Å². The van der Waals surface area contributed by atoms with Gasteiger partial charge in [0.2, 0.25) is 0 Å². The van der Waals surface area contributed by atoms with Crippen molar-refractivity contribution in [2.24, 2.45) is 5.10 Å². The maximum atomic E-state index is 12.0. The van der Waals surface area contributed by atoms with Crippen molar-refractivity contribution in [1.82, 2.24) is 5.43 Å². The molecule has 2 amide bonds. The zero-order chi connectivity index (χ0) is 19.6. The third-order valence-corrected chi connectivity index (χ3v) is 6.29. The summed E-state index contributed by atoms with van der Waals surface area (Å²) in [6, 6.07) is 7.59. The van der Waals surface area contributed by atoms with E-state index in [9.17, 15) is 4.79 Å². The van der Waals surface area contributed by atoms with Crippen molar-refractivity contribution < 1.29 is 4.79 Å². The van der Waals surface area contributed by atoms with E-state index >= 15 is 0 Å². The van der Waals surface area contributed by atoms with Crippen LogP contribution in [0.5, 0.6) is 0 Å². The molecular weight excluding hydrogens is 472 g/mol. The Morgan fingerprint density at radius 1 is 1.04 bits per heavy atom. The van der Waals surface area contributed by atoms with Crippen molar-refractivity contribution >= 4 is 92.7 Å². The standard InChI is InChI=1S/C17H10Cl5N3OS/c18-9-1-2-12(20)14(5-9)24-17(26)25-23-6-8-7-27-16-11(15(8)22)3-10(19)4-13(16)21/h1-6H,7H2,(H2,24,25,26)/b23-6+. The molecule has 0 radical (unpaired) electrons.